The van der Waals surface area contributed by atoms with Crippen LogP contribution in [0.2, 0.25) is 0 Å². The van der Waals surface area contributed by atoms with E-state index in [0.29, 0.717) is 31.5 Å². The maximum Gasteiger partial charge on any atom is 0.330 e. The SMILES string of the molecule is CC1=CC(=O)OCCCCCCCC(CC2CCCC(C)(C)OCC#CCOC(=O)C2)CCOC(C)(C)CCC1. The fraction of sp³-hybridized carbons (Fsp3) is 0.824. The standard InChI is InChI=1S/C34H56O6/c1-28-15-13-19-34(4,5)40-24-18-29(16-9-7-6-8-10-21-37-31(35)25-28)26-30-17-14-20-33(2,3)39-23-12-11-22-38-32(36)27-30/h25,29-30H,6-10,13-24,26-27H2,1-5H3. The third kappa shape index (κ3) is 16.4. The second kappa shape index (κ2) is 18.6. The summed E-state index contributed by atoms with van der Waals surface area (Å²) in [5.41, 5.74) is 0.631. The van der Waals surface area contributed by atoms with E-state index < -0.39 is 0 Å². The van der Waals surface area contributed by atoms with Gasteiger partial charge in [-0.15, -0.1) is 0 Å². The van der Waals surface area contributed by atoms with Gasteiger partial charge >= 0.3 is 11.9 Å². The van der Waals surface area contributed by atoms with Crippen molar-refractivity contribution in [2.45, 2.75) is 142 Å². The number of cyclic esters (lactones) is 2. The molecule has 0 aromatic carbocycles. The zero-order valence-corrected chi connectivity index (χ0v) is 26.1. The van der Waals surface area contributed by atoms with Crippen LogP contribution in [0.25, 0.3) is 0 Å². The molecule has 2 aliphatic heterocycles. The Bertz CT molecular complexity index is 846. The molecule has 2 heterocycles. The topological polar surface area (TPSA) is 71.1 Å². The molecular formula is C34H56O6. The predicted octanol–water partition coefficient (Wildman–Crippen LogP) is 7.72. The first-order valence-electron chi connectivity index (χ1n) is 15.8. The molecule has 2 aliphatic rings. The van der Waals surface area contributed by atoms with Crippen molar-refractivity contribution in [3.8, 4) is 11.8 Å². The lowest BCUT2D eigenvalue weighted by atomic mass is 9.83. The predicted molar refractivity (Wildman–Crippen MR) is 160 cm³/mol. The number of ether oxygens (including phenoxy) is 4. The van der Waals surface area contributed by atoms with E-state index in [2.05, 4.69) is 39.5 Å². The Morgan fingerprint density at radius 2 is 1.43 bits per heavy atom. The van der Waals surface area contributed by atoms with Crippen LogP contribution in [0.15, 0.2) is 11.6 Å². The highest BCUT2D eigenvalue weighted by atomic mass is 16.5. The fourth-order valence-electron chi connectivity index (χ4n) is 5.71. The summed E-state index contributed by atoms with van der Waals surface area (Å²) in [6.45, 7) is 12.3. The maximum atomic E-state index is 12.6. The van der Waals surface area contributed by atoms with Gasteiger partial charge in [-0.25, -0.2) is 4.79 Å². The minimum Gasteiger partial charge on any atom is -0.463 e. The lowest BCUT2D eigenvalue weighted by molar-refractivity contribution is -0.143. The summed E-state index contributed by atoms with van der Waals surface area (Å²) in [7, 11) is 0. The normalized spacial score (nSPS) is 27.3. The number of hydrogen-bond acceptors (Lipinski definition) is 6. The van der Waals surface area contributed by atoms with Crippen molar-refractivity contribution in [3.63, 3.8) is 0 Å². The van der Waals surface area contributed by atoms with Crippen LogP contribution < -0.4 is 0 Å². The van der Waals surface area contributed by atoms with Crippen molar-refractivity contribution in [1.29, 1.82) is 0 Å². The molecule has 2 rings (SSSR count). The van der Waals surface area contributed by atoms with E-state index in [-0.39, 0.29) is 29.7 Å². The van der Waals surface area contributed by atoms with Gasteiger partial charge in [0.1, 0.15) is 6.61 Å². The van der Waals surface area contributed by atoms with Crippen molar-refractivity contribution in [1.82, 2.24) is 0 Å². The van der Waals surface area contributed by atoms with E-state index in [1.807, 2.05) is 6.92 Å². The van der Waals surface area contributed by atoms with Crippen molar-refractivity contribution >= 4 is 11.9 Å². The molecule has 0 saturated heterocycles. The molecule has 2 unspecified atom stereocenters. The Hall–Kier alpha value is -1.84. The molecular weight excluding hydrogens is 504 g/mol. The maximum absolute atomic E-state index is 12.6. The van der Waals surface area contributed by atoms with Gasteiger partial charge in [0, 0.05) is 19.1 Å². The van der Waals surface area contributed by atoms with Crippen LogP contribution in [0, 0.1) is 23.7 Å². The van der Waals surface area contributed by atoms with E-state index in [1.165, 1.54) is 12.8 Å². The second-order valence-corrected chi connectivity index (χ2v) is 13.1. The number of allylic oxidation sites excluding steroid dienone is 1. The smallest absolute Gasteiger partial charge is 0.330 e. The van der Waals surface area contributed by atoms with Crippen LogP contribution in [0.1, 0.15) is 131 Å². The molecule has 228 valence electrons. The summed E-state index contributed by atoms with van der Waals surface area (Å²) < 4.78 is 23.2. The van der Waals surface area contributed by atoms with Crippen molar-refractivity contribution < 1.29 is 28.5 Å². The molecule has 0 saturated carbocycles. The van der Waals surface area contributed by atoms with Gasteiger partial charge in [-0.05, 0) is 97.8 Å². The van der Waals surface area contributed by atoms with Crippen LogP contribution >= 0.6 is 0 Å². The first-order valence-corrected chi connectivity index (χ1v) is 15.8. The van der Waals surface area contributed by atoms with E-state index >= 15 is 0 Å². The third-order valence-electron chi connectivity index (χ3n) is 8.21. The quantitative estimate of drug-likeness (QED) is 0.254. The third-order valence-corrected chi connectivity index (χ3v) is 8.21. The van der Waals surface area contributed by atoms with E-state index in [1.54, 1.807) is 6.08 Å². The zero-order valence-electron chi connectivity index (χ0n) is 26.1. The van der Waals surface area contributed by atoms with Gasteiger partial charge in [-0.1, -0.05) is 55.9 Å². The Morgan fingerprint density at radius 3 is 2.25 bits per heavy atom. The summed E-state index contributed by atoms with van der Waals surface area (Å²) in [5.74, 6) is 6.31. The summed E-state index contributed by atoms with van der Waals surface area (Å²) >= 11 is 0. The molecule has 0 aliphatic carbocycles. The van der Waals surface area contributed by atoms with Crippen molar-refractivity contribution in [2.24, 2.45) is 11.8 Å². The van der Waals surface area contributed by atoms with Crippen LogP contribution in [0.3, 0.4) is 0 Å². The fourth-order valence-corrected chi connectivity index (χ4v) is 5.71. The first kappa shape index (κ1) is 34.4. The molecule has 6 heteroatoms. The molecule has 0 aromatic rings. The summed E-state index contributed by atoms with van der Waals surface area (Å²) in [6, 6.07) is 0. The monoisotopic (exact) mass is 560 g/mol. The average molecular weight is 561 g/mol. The lowest BCUT2D eigenvalue weighted by Crippen LogP contribution is -2.26. The second-order valence-electron chi connectivity index (χ2n) is 13.1. The number of esters is 2. The molecule has 0 bridgehead atoms. The van der Waals surface area contributed by atoms with Crippen LogP contribution in [-0.4, -0.2) is 49.6 Å². The summed E-state index contributed by atoms with van der Waals surface area (Å²) in [5, 5.41) is 0. The Morgan fingerprint density at radius 1 is 0.750 bits per heavy atom. The van der Waals surface area contributed by atoms with Gasteiger partial charge < -0.3 is 18.9 Å². The summed E-state index contributed by atoms with van der Waals surface area (Å²) in [6.07, 6.45) is 16.5. The van der Waals surface area contributed by atoms with Crippen LogP contribution in [0.4, 0.5) is 0 Å². The van der Waals surface area contributed by atoms with Gasteiger partial charge in [-0.2, -0.15) is 0 Å². The van der Waals surface area contributed by atoms with Gasteiger partial charge in [0.2, 0.25) is 0 Å². The highest BCUT2D eigenvalue weighted by Gasteiger charge is 2.24. The van der Waals surface area contributed by atoms with Crippen LogP contribution in [0.5, 0.6) is 0 Å². The summed E-state index contributed by atoms with van der Waals surface area (Å²) in [4.78, 5) is 24.7. The lowest BCUT2D eigenvalue weighted by Gasteiger charge is -2.29. The zero-order chi connectivity index (χ0) is 29.3. The highest BCUT2D eigenvalue weighted by molar-refractivity contribution is 5.82. The molecule has 40 heavy (non-hydrogen) atoms. The Balaban J connectivity index is 2.02. The molecule has 0 aromatic heterocycles. The molecule has 0 fully saturated rings. The van der Waals surface area contributed by atoms with Crippen molar-refractivity contribution in [3.05, 3.63) is 11.6 Å². The van der Waals surface area contributed by atoms with E-state index in [0.717, 1.165) is 89.2 Å². The first-order chi connectivity index (χ1) is 19.0. The molecule has 6 nitrogen and oxygen atoms in total. The Kier molecular flexibility index (Phi) is 15.9. The number of rotatable bonds is 2. The van der Waals surface area contributed by atoms with E-state index in [4.69, 9.17) is 18.9 Å². The Labute approximate surface area is 244 Å². The number of hydrogen-bond donors (Lipinski definition) is 0. The largest absolute Gasteiger partial charge is 0.463 e. The molecule has 0 N–H and O–H groups in total. The number of carbonyl (C=O) groups is 2. The molecule has 2 atom stereocenters. The molecule has 0 amide bonds. The van der Waals surface area contributed by atoms with Gasteiger partial charge in [-0.3, -0.25) is 4.79 Å². The van der Waals surface area contributed by atoms with Gasteiger partial charge in [0.25, 0.3) is 0 Å². The molecule has 0 radical (unpaired) electrons. The van der Waals surface area contributed by atoms with Crippen LogP contribution in [-0.2, 0) is 28.5 Å². The van der Waals surface area contributed by atoms with Gasteiger partial charge in [0.05, 0.1) is 17.8 Å². The highest BCUT2D eigenvalue weighted by Crippen LogP contribution is 2.31. The van der Waals surface area contributed by atoms with E-state index in [9.17, 15) is 9.59 Å². The minimum atomic E-state index is -0.219. The minimum absolute atomic E-state index is 0.135. The average Bonchev–Trinajstić information content (AvgIpc) is 2.87. The van der Waals surface area contributed by atoms with Crippen molar-refractivity contribution in [2.75, 3.05) is 26.4 Å². The molecule has 0 spiro atoms. The van der Waals surface area contributed by atoms with Gasteiger partial charge in [0.15, 0.2) is 6.61 Å². The number of carbonyl (C=O) groups excluding carboxylic acids is 2.